The predicted molar refractivity (Wildman–Crippen MR) is 107 cm³/mol. The highest BCUT2D eigenvalue weighted by atomic mass is 127. The zero-order chi connectivity index (χ0) is 17.5. The minimum Gasteiger partial charge on any atom is -0.494 e. The van der Waals surface area contributed by atoms with Crippen molar-refractivity contribution in [2.45, 2.75) is 12.8 Å². The third-order valence-corrected chi connectivity index (χ3v) is 4.89. The molecule has 5 nitrogen and oxygen atoms in total. The van der Waals surface area contributed by atoms with Crippen molar-refractivity contribution in [3.63, 3.8) is 0 Å². The Labute approximate surface area is 163 Å². The second-order valence-electron chi connectivity index (χ2n) is 5.23. The van der Waals surface area contributed by atoms with Gasteiger partial charge in [0.2, 0.25) is 5.13 Å². The number of ether oxygens (including phenoxy) is 1. The molecule has 1 amide bonds. The number of carbonyl (C=O) groups is 1. The van der Waals surface area contributed by atoms with Crippen LogP contribution in [0.2, 0.25) is 0 Å². The summed E-state index contributed by atoms with van der Waals surface area (Å²) in [4.78, 5) is 12.2. The zero-order valence-electron chi connectivity index (χ0n) is 13.3. The number of anilines is 1. The number of carbonyl (C=O) groups excluding carboxylic acids is 1. The molecule has 1 heterocycles. The molecule has 0 spiro atoms. The second-order valence-corrected chi connectivity index (χ2v) is 7.54. The number of halogens is 1. The number of aryl methyl sites for hydroxylation is 1. The molecular formula is C18H16IN3O2S. The van der Waals surface area contributed by atoms with E-state index in [1.807, 2.05) is 48.5 Å². The molecule has 0 saturated carbocycles. The summed E-state index contributed by atoms with van der Waals surface area (Å²) in [5.74, 6) is 0.693. The van der Waals surface area contributed by atoms with E-state index in [2.05, 4.69) is 38.1 Å². The molecule has 0 aliphatic heterocycles. The Morgan fingerprint density at radius 3 is 2.76 bits per heavy atom. The first-order valence-corrected chi connectivity index (χ1v) is 9.67. The van der Waals surface area contributed by atoms with Crippen LogP contribution in [0.5, 0.6) is 5.75 Å². The first kappa shape index (κ1) is 17.8. The van der Waals surface area contributed by atoms with Crippen molar-refractivity contribution in [2.75, 3.05) is 11.9 Å². The quantitative estimate of drug-likeness (QED) is 0.415. The van der Waals surface area contributed by atoms with Gasteiger partial charge in [-0.15, -0.1) is 10.2 Å². The number of nitrogens with one attached hydrogen (secondary N) is 1. The fraction of sp³-hybridized carbons (Fsp3) is 0.167. The Morgan fingerprint density at radius 1 is 1.12 bits per heavy atom. The average Bonchev–Trinajstić information content (AvgIpc) is 3.07. The molecule has 3 aromatic rings. The number of hydrogen-bond donors (Lipinski definition) is 1. The molecular weight excluding hydrogens is 449 g/mol. The predicted octanol–water partition coefficient (Wildman–Crippen LogP) is 4.41. The van der Waals surface area contributed by atoms with Crippen LogP contribution in [0.4, 0.5) is 5.13 Å². The molecule has 0 bridgehead atoms. The van der Waals surface area contributed by atoms with Gasteiger partial charge in [-0.25, -0.2) is 0 Å². The summed E-state index contributed by atoms with van der Waals surface area (Å²) in [7, 11) is 0. The standard InChI is InChI=1S/C18H16IN3O2S/c19-14-7-4-6-13(12-14)17(23)20-18-22-21-16(25-18)10-5-11-24-15-8-2-1-3-9-15/h1-4,6-9,12H,5,10-11H2,(H,20,22,23). The normalized spacial score (nSPS) is 10.4. The van der Waals surface area contributed by atoms with Gasteiger partial charge >= 0.3 is 0 Å². The van der Waals surface area contributed by atoms with Crippen LogP contribution in [0, 0.1) is 3.57 Å². The van der Waals surface area contributed by atoms with Gasteiger partial charge in [-0.3, -0.25) is 10.1 Å². The molecule has 0 unspecified atom stereocenters. The Kier molecular flexibility index (Phi) is 6.35. The first-order chi connectivity index (χ1) is 12.2. The molecule has 3 rings (SSSR count). The van der Waals surface area contributed by atoms with E-state index in [0.29, 0.717) is 17.3 Å². The number of amides is 1. The molecule has 0 atom stereocenters. The molecule has 2 aromatic carbocycles. The minimum atomic E-state index is -0.173. The third-order valence-electron chi connectivity index (χ3n) is 3.32. The fourth-order valence-corrected chi connectivity index (χ4v) is 3.45. The third kappa shape index (κ3) is 5.50. The minimum absolute atomic E-state index is 0.173. The van der Waals surface area contributed by atoms with Crippen molar-refractivity contribution in [2.24, 2.45) is 0 Å². The highest BCUT2D eigenvalue weighted by Crippen LogP contribution is 2.18. The zero-order valence-corrected chi connectivity index (χ0v) is 16.3. The largest absolute Gasteiger partial charge is 0.494 e. The highest BCUT2D eigenvalue weighted by molar-refractivity contribution is 14.1. The first-order valence-electron chi connectivity index (χ1n) is 7.78. The van der Waals surface area contributed by atoms with Crippen molar-refractivity contribution in [3.05, 3.63) is 68.7 Å². The van der Waals surface area contributed by atoms with E-state index in [4.69, 9.17) is 4.74 Å². The van der Waals surface area contributed by atoms with E-state index in [1.165, 1.54) is 11.3 Å². The topological polar surface area (TPSA) is 64.1 Å². The lowest BCUT2D eigenvalue weighted by Gasteiger charge is -2.04. The van der Waals surface area contributed by atoms with E-state index in [9.17, 15) is 4.79 Å². The van der Waals surface area contributed by atoms with E-state index < -0.39 is 0 Å². The van der Waals surface area contributed by atoms with Crippen molar-refractivity contribution in [1.82, 2.24) is 10.2 Å². The SMILES string of the molecule is O=C(Nc1nnc(CCCOc2ccccc2)s1)c1cccc(I)c1. The Bertz CT molecular complexity index is 839. The van der Waals surface area contributed by atoms with E-state index in [-0.39, 0.29) is 5.91 Å². The van der Waals surface area contributed by atoms with E-state index >= 15 is 0 Å². The summed E-state index contributed by atoms with van der Waals surface area (Å²) in [5.41, 5.74) is 0.611. The molecule has 1 N–H and O–H groups in total. The van der Waals surface area contributed by atoms with Gasteiger partial charge in [0.05, 0.1) is 6.61 Å². The smallest absolute Gasteiger partial charge is 0.257 e. The maximum absolute atomic E-state index is 12.2. The summed E-state index contributed by atoms with van der Waals surface area (Å²) < 4.78 is 6.67. The van der Waals surface area contributed by atoms with Gasteiger partial charge in [0.1, 0.15) is 10.8 Å². The molecule has 7 heteroatoms. The number of nitrogens with zero attached hydrogens (tertiary/aromatic N) is 2. The Hall–Kier alpha value is -2.00. The van der Waals surface area contributed by atoms with Gasteiger partial charge in [-0.2, -0.15) is 0 Å². The van der Waals surface area contributed by atoms with Gasteiger partial charge in [-0.05, 0) is 59.3 Å². The van der Waals surface area contributed by atoms with Crippen LogP contribution in [0.1, 0.15) is 21.8 Å². The van der Waals surface area contributed by atoms with Crippen molar-refractivity contribution in [3.8, 4) is 5.75 Å². The monoisotopic (exact) mass is 465 g/mol. The van der Waals surface area contributed by atoms with Crippen LogP contribution in [0.15, 0.2) is 54.6 Å². The van der Waals surface area contributed by atoms with Crippen LogP contribution in [-0.4, -0.2) is 22.7 Å². The molecule has 0 aliphatic carbocycles. The van der Waals surface area contributed by atoms with Crippen LogP contribution >= 0.6 is 33.9 Å². The molecule has 0 saturated heterocycles. The second kappa shape index (κ2) is 8.91. The van der Waals surface area contributed by atoms with Crippen molar-refractivity contribution >= 4 is 45.0 Å². The Balaban J connectivity index is 1.46. The number of benzene rings is 2. The molecule has 0 aliphatic rings. The summed E-state index contributed by atoms with van der Waals surface area (Å²) >= 11 is 3.57. The lowest BCUT2D eigenvalue weighted by molar-refractivity contribution is 0.102. The average molecular weight is 465 g/mol. The fourth-order valence-electron chi connectivity index (χ4n) is 2.13. The molecule has 1 aromatic heterocycles. The van der Waals surface area contributed by atoms with Gasteiger partial charge in [0, 0.05) is 15.6 Å². The van der Waals surface area contributed by atoms with Crippen molar-refractivity contribution < 1.29 is 9.53 Å². The molecule has 0 fully saturated rings. The summed E-state index contributed by atoms with van der Waals surface area (Å²) in [5, 5.41) is 12.4. The maximum Gasteiger partial charge on any atom is 0.257 e. The summed E-state index contributed by atoms with van der Waals surface area (Å²) in [6.45, 7) is 0.619. The van der Waals surface area contributed by atoms with Gasteiger partial charge in [0.15, 0.2) is 0 Å². The van der Waals surface area contributed by atoms with Gasteiger partial charge < -0.3 is 4.74 Å². The van der Waals surface area contributed by atoms with Crippen LogP contribution in [0.25, 0.3) is 0 Å². The van der Waals surface area contributed by atoms with Crippen LogP contribution in [-0.2, 0) is 6.42 Å². The maximum atomic E-state index is 12.2. The number of hydrogen-bond acceptors (Lipinski definition) is 5. The van der Waals surface area contributed by atoms with Crippen molar-refractivity contribution in [1.29, 1.82) is 0 Å². The Morgan fingerprint density at radius 2 is 1.96 bits per heavy atom. The molecule has 0 radical (unpaired) electrons. The highest BCUT2D eigenvalue weighted by Gasteiger charge is 2.10. The lowest BCUT2D eigenvalue weighted by Crippen LogP contribution is -2.11. The van der Waals surface area contributed by atoms with E-state index in [0.717, 1.165) is 27.2 Å². The molecule has 25 heavy (non-hydrogen) atoms. The van der Waals surface area contributed by atoms with E-state index in [1.54, 1.807) is 6.07 Å². The lowest BCUT2D eigenvalue weighted by atomic mass is 10.2. The summed E-state index contributed by atoms with van der Waals surface area (Å²) in [6, 6.07) is 17.1. The van der Waals surface area contributed by atoms with Gasteiger partial charge in [-0.1, -0.05) is 35.6 Å². The van der Waals surface area contributed by atoms with Gasteiger partial charge in [0.25, 0.3) is 5.91 Å². The summed E-state index contributed by atoms with van der Waals surface area (Å²) in [6.07, 6.45) is 1.61. The molecule has 128 valence electrons. The van der Waals surface area contributed by atoms with Crippen LogP contribution in [0.3, 0.4) is 0 Å². The van der Waals surface area contributed by atoms with Crippen LogP contribution < -0.4 is 10.1 Å². The number of para-hydroxylation sites is 1. The number of rotatable bonds is 7. The number of aromatic nitrogens is 2.